The Morgan fingerprint density at radius 3 is 2.08 bits per heavy atom. The number of hydrazone groups is 1. The van der Waals surface area contributed by atoms with Crippen molar-refractivity contribution in [3.05, 3.63) is 46.3 Å². The maximum Gasteiger partial charge on any atom is 0.416 e. The average Bonchev–Trinajstić information content (AvgIpc) is 2.93. The number of nitrogens with zero attached hydrogens (tertiary/aromatic N) is 1. The second-order valence-corrected chi connectivity index (χ2v) is 5.85. The van der Waals surface area contributed by atoms with Gasteiger partial charge in [0.25, 0.3) is 0 Å². The minimum absolute atomic E-state index is 0.0657. The van der Waals surface area contributed by atoms with Gasteiger partial charge >= 0.3 is 18.4 Å². The van der Waals surface area contributed by atoms with Gasteiger partial charge in [-0.05, 0) is 35.9 Å². The molecule has 0 fully saturated rings. The van der Waals surface area contributed by atoms with Crippen LogP contribution in [0.4, 0.5) is 31.1 Å². The summed E-state index contributed by atoms with van der Waals surface area (Å²) in [5, 5.41) is 3.46. The van der Waals surface area contributed by atoms with E-state index in [0.717, 1.165) is 17.6 Å². The SMILES string of the molecule is NC(=O)N/N=C/c1ccc(-c2cc(C(F)(F)F)cc(C(F)(F)F)c2)s1. The maximum atomic E-state index is 12.9. The normalized spacial score (nSPS) is 12.6. The number of alkyl halides is 6. The number of benzene rings is 1. The smallest absolute Gasteiger partial charge is 0.350 e. The number of urea groups is 1. The molecule has 134 valence electrons. The Morgan fingerprint density at radius 2 is 1.60 bits per heavy atom. The van der Waals surface area contributed by atoms with Crippen molar-refractivity contribution in [2.75, 3.05) is 0 Å². The molecule has 2 rings (SSSR count). The van der Waals surface area contributed by atoms with Crippen molar-refractivity contribution >= 4 is 23.6 Å². The molecule has 0 saturated carbocycles. The summed E-state index contributed by atoms with van der Waals surface area (Å²) in [5.41, 5.74) is 3.70. The summed E-state index contributed by atoms with van der Waals surface area (Å²) in [7, 11) is 0. The molecule has 25 heavy (non-hydrogen) atoms. The van der Waals surface area contributed by atoms with Crippen molar-refractivity contribution in [3.63, 3.8) is 0 Å². The van der Waals surface area contributed by atoms with Gasteiger partial charge in [0.15, 0.2) is 0 Å². The molecule has 1 aromatic heterocycles. The molecule has 0 aliphatic carbocycles. The van der Waals surface area contributed by atoms with Gasteiger partial charge in [-0.2, -0.15) is 31.4 Å². The molecule has 0 radical (unpaired) electrons. The van der Waals surface area contributed by atoms with Gasteiger partial charge in [0.1, 0.15) is 0 Å². The Balaban J connectivity index is 2.43. The van der Waals surface area contributed by atoms with E-state index in [1.54, 1.807) is 0 Å². The Kier molecular flexibility index (Phi) is 5.07. The highest BCUT2D eigenvalue weighted by atomic mass is 32.1. The molecule has 0 saturated heterocycles. The number of amides is 2. The molecule has 1 heterocycles. The van der Waals surface area contributed by atoms with Gasteiger partial charge in [-0.3, -0.25) is 0 Å². The molecule has 0 atom stereocenters. The van der Waals surface area contributed by atoms with Crippen molar-refractivity contribution in [2.24, 2.45) is 10.8 Å². The highest BCUT2D eigenvalue weighted by molar-refractivity contribution is 7.17. The molecule has 2 amide bonds. The van der Waals surface area contributed by atoms with Gasteiger partial charge in [-0.1, -0.05) is 0 Å². The van der Waals surface area contributed by atoms with Gasteiger partial charge in [0, 0.05) is 9.75 Å². The van der Waals surface area contributed by atoms with Crippen molar-refractivity contribution in [1.29, 1.82) is 0 Å². The zero-order valence-electron chi connectivity index (χ0n) is 12.1. The van der Waals surface area contributed by atoms with E-state index in [-0.39, 0.29) is 16.5 Å². The van der Waals surface area contributed by atoms with Crippen molar-refractivity contribution in [3.8, 4) is 10.4 Å². The van der Waals surface area contributed by atoms with Crippen LogP contribution in [0.25, 0.3) is 10.4 Å². The van der Waals surface area contributed by atoms with Gasteiger partial charge in [-0.15, -0.1) is 11.3 Å². The van der Waals surface area contributed by atoms with E-state index in [9.17, 15) is 31.1 Å². The third-order valence-electron chi connectivity index (χ3n) is 2.87. The Bertz CT molecular complexity index is 777. The number of thiophene rings is 1. The summed E-state index contributed by atoms with van der Waals surface area (Å²) in [6.07, 6.45) is -8.66. The summed E-state index contributed by atoms with van der Waals surface area (Å²) < 4.78 is 77.2. The summed E-state index contributed by atoms with van der Waals surface area (Å²) >= 11 is 0.900. The van der Waals surface area contributed by atoms with Crippen molar-refractivity contribution < 1.29 is 31.1 Å². The first-order valence-corrected chi connectivity index (χ1v) is 7.26. The zero-order valence-corrected chi connectivity index (χ0v) is 12.9. The number of rotatable bonds is 3. The lowest BCUT2D eigenvalue weighted by molar-refractivity contribution is -0.143. The molecular weight excluding hydrogens is 372 g/mol. The lowest BCUT2D eigenvalue weighted by atomic mass is 10.0. The number of primary amides is 1. The Labute approximate surface area is 140 Å². The molecule has 11 heteroatoms. The zero-order chi connectivity index (χ0) is 18.8. The first-order valence-electron chi connectivity index (χ1n) is 6.45. The molecule has 3 N–H and O–H groups in total. The van der Waals surface area contributed by atoms with E-state index in [2.05, 4.69) is 5.10 Å². The van der Waals surface area contributed by atoms with Crippen LogP contribution in [0, 0.1) is 0 Å². The van der Waals surface area contributed by atoms with E-state index in [4.69, 9.17) is 5.73 Å². The van der Waals surface area contributed by atoms with Gasteiger partial charge in [-0.25, -0.2) is 10.2 Å². The fourth-order valence-corrected chi connectivity index (χ4v) is 2.70. The molecule has 1 aromatic carbocycles. The molecule has 0 aliphatic heterocycles. The van der Waals surface area contributed by atoms with Crippen LogP contribution in [0.5, 0.6) is 0 Å². The fraction of sp³-hybridized carbons (Fsp3) is 0.143. The average molecular weight is 381 g/mol. The Hall–Kier alpha value is -2.56. The number of nitrogens with two attached hydrogens (primary N) is 1. The first-order chi connectivity index (χ1) is 11.5. The monoisotopic (exact) mass is 381 g/mol. The van der Waals surface area contributed by atoms with Gasteiger partial charge in [0.05, 0.1) is 17.3 Å². The number of hydrogen-bond acceptors (Lipinski definition) is 3. The number of hydrogen-bond donors (Lipinski definition) is 2. The first kappa shape index (κ1) is 18.8. The van der Waals surface area contributed by atoms with Crippen LogP contribution in [0.2, 0.25) is 0 Å². The molecule has 2 aromatic rings. The highest BCUT2D eigenvalue weighted by Crippen LogP contribution is 2.39. The maximum absolute atomic E-state index is 12.9. The lowest BCUT2D eigenvalue weighted by Crippen LogP contribution is -2.24. The number of halogens is 6. The highest BCUT2D eigenvalue weighted by Gasteiger charge is 2.37. The van der Waals surface area contributed by atoms with Gasteiger partial charge in [0.2, 0.25) is 0 Å². The van der Waals surface area contributed by atoms with E-state index >= 15 is 0 Å². The second-order valence-electron chi connectivity index (χ2n) is 4.73. The molecule has 4 nitrogen and oxygen atoms in total. The summed E-state index contributed by atoms with van der Waals surface area (Å²) in [6.45, 7) is 0. The molecule has 0 spiro atoms. The number of carbonyl (C=O) groups excluding carboxylic acids is 1. The predicted octanol–water partition coefficient (Wildman–Crippen LogP) is 4.45. The standard InChI is InChI=1S/C14H9F6N3OS/c15-13(16,17)8-3-7(4-9(5-8)14(18,19)20)11-2-1-10(25-11)6-22-23-12(21)24/h1-6H,(H3,21,23,24)/b22-6+. The minimum Gasteiger partial charge on any atom is -0.350 e. The number of carbonyl (C=O) groups is 1. The lowest BCUT2D eigenvalue weighted by Gasteiger charge is -2.13. The third-order valence-corrected chi connectivity index (χ3v) is 3.93. The van der Waals surface area contributed by atoms with E-state index in [1.807, 2.05) is 5.43 Å². The molecule has 0 unspecified atom stereocenters. The van der Waals surface area contributed by atoms with Crippen LogP contribution in [-0.4, -0.2) is 12.2 Å². The molecule has 0 bridgehead atoms. The summed E-state index contributed by atoms with van der Waals surface area (Å²) in [5.74, 6) is 0. The van der Waals surface area contributed by atoms with Crippen LogP contribution < -0.4 is 11.2 Å². The minimum atomic E-state index is -4.91. The molecule has 0 aliphatic rings. The summed E-state index contributed by atoms with van der Waals surface area (Å²) in [6, 6.07) is 3.22. The van der Waals surface area contributed by atoms with Crippen LogP contribution >= 0.6 is 11.3 Å². The van der Waals surface area contributed by atoms with E-state index < -0.39 is 29.5 Å². The van der Waals surface area contributed by atoms with E-state index in [0.29, 0.717) is 17.0 Å². The predicted molar refractivity (Wildman–Crippen MR) is 80.1 cm³/mol. The number of nitrogens with one attached hydrogen (secondary N) is 1. The van der Waals surface area contributed by atoms with Gasteiger partial charge < -0.3 is 5.73 Å². The quantitative estimate of drug-likeness (QED) is 0.460. The van der Waals surface area contributed by atoms with Crippen molar-refractivity contribution in [2.45, 2.75) is 12.4 Å². The van der Waals surface area contributed by atoms with E-state index in [1.165, 1.54) is 12.1 Å². The third kappa shape index (κ3) is 4.95. The van der Waals surface area contributed by atoms with Crippen LogP contribution in [0.3, 0.4) is 0 Å². The van der Waals surface area contributed by atoms with Crippen LogP contribution in [0.15, 0.2) is 35.4 Å². The fourth-order valence-electron chi connectivity index (χ4n) is 1.83. The summed E-state index contributed by atoms with van der Waals surface area (Å²) in [4.78, 5) is 11.0. The molecular formula is C14H9F6N3OS. The Morgan fingerprint density at radius 1 is 1.04 bits per heavy atom. The van der Waals surface area contributed by atoms with Crippen LogP contribution in [0.1, 0.15) is 16.0 Å². The largest absolute Gasteiger partial charge is 0.416 e. The second kappa shape index (κ2) is 6.75. The van der Waals surface area contributed by atoms with Crippen LogP contribution in [-0.2, 0) is 12.4 Å². The topological polar surface area (TPSA) is 67.5 Å². The van der Waals surface area contributed by atoms with Crippen molar-refractivity contribution in [1.82, 2.24) is 5.43 Å².